The third kappa shape index (κ3) is 4.10. The lowest BCUT2D eigenvalue weighted by atomic mass is 10.0. The fraction of sp³-hybridized carbons (Fsp3) is 0.190. The van der Waals surface area contributed by atoms with Crippen molar-refractivity contribution in [3.8, 4) is 0 Å². The van der Waals surface area contributed by atoms with E-state index in [1.165, 1.54) is 24.3 Å². The number of nitrogens with one attached hydrogen (secondary N) is 1. The second-order valence-electron chi connectivity index (χ2n) is 6.87. The third-order valence-electron chi connectivity index (χ3n) is 4.97. The van der Waals surface area contributed by atoms with Gasteiger partial charge in [0.25, 0.3) is 11.8 Å². The van der Waals surface area contributed by atoms with Gasteiger partial charge in [0.05, 0.1) is 34.5 Å². The average Bonchev–Trinajstić information content (AvgIpc) is 3.01. The molecular formula is C21H17Cl2N3O5. The first-order valence-corrected chi connectivity index (χ1v) is 10.1. The van der Waals surface area contributed by atoms with Gasteiger partial charge in [0, 0.05) is 18.8 Å². The van der Waals surface area contributed by atoms with Crippen LogP contribution in [0.15, 0.2) is 48.2 Å². The number of anilines is 2. The molecule has 2 heterocycles. The van der Waals surface area contributed by atoms with Crippen LogP contribution in [0.1, 0.15) is 5.56 Å². The van der Waals surface area contributed by atoms with Crippen molar-refractivity contribution in [2.45, 2.75) is 0 Å². The SMILES string of the molecule is O=C(O)Nc1ccc(C2=C(N3CCOCC3)C(=O)N(c3ccc(Cl)c(Cl)c3)C2=O)cc1. The van der Waals surface area contributed by atoms with Crippen molar-refractivity contribution in [1.82, 2.24) is 4.90 Å². The summed E-state index contributed by atoms with van der Waals surface area (Å²) >= 11 is 12.1. The Balaban J connectivity index is 1.78. The van der Waals surface area contributed by atoms with Crippen LogP contribution < -0.4 is 10.2 Å². The quantitative estimate of drug-likeness (QED) is 0.673. The minimum Gasteiger partial charge on any atom is -0.465 e. The number of morpholine rings is 1. The van der Waals surface area contributed by atoms with Crippen LogP contribution in [0.2, 0.25) is 10.0 Å². The molecule has 3 amide bonds. The zero-order chi connectivity index (χ0) is 22.1. The molecule has 0 atom stereocenters. The molecule has 0 unspecified atom stereocenters. The van der Waals surface area contributed by atoms with E-state index >= 15 is 0 Å². The van der Waals surface area contributed by atoms with Gasteiger partial charge in [0.1, 0.15) is 5.70 Å². The Morgan fingerprint density at radius 3 is 2.26 bits per heavy atom. The Hall–Kier alpha value is -3.07. The lowest BCUT2D eigenvalue weighted by Crippen LogP contribution is -2.40. The zero-order valence-corrected chi connectivity index (χ0v) is 17.6. The Morgan fingerprint density at radius 1 is 0.968 bits per heavy atom. The van der Waals surface area contributed by atoms with Crippen LogP contribution in [0.4, 0.5) is 16.2 Å². The first-order valence-electron chi connectivity index (χ1n) is 9.38. The van der Waals surface area contributed by atoms with Crippen LogP contribution in [0.5, 0.6) is 0 Å². The Bertz CT molecular complexity index is 1090. The van der Waals surface area contributed by atoms with E-state index in [-0.39, 0.29) is 16.3 Å². The number of halogens is 2. The molecule has 1 fully saturated rings. The van der Waals surface area contributed by atoms with Crippen molar-refractivity contribution >= 4 is 58.1 Å². The van der Waals surface area contributed by atoms with Crippen LogP contribution in [0, 0.1) is 0 Å². The molecule has 160 valence electrons. The van der Waals surface area contributed by atoms with Gasteiger partial charge in [-0.1, -0.05) is 35.3 Å². The molecule has 1 saturated heterocycles. The van der Waals surface area contributed by atoms with Gasteiger partial charge in [0.15, 0.2) is 0 Å². The average molecular weight is 462 g/mol. The van der Waals surface area contributed by atoms with Crippen LogP contribution in [0.3, 0.4) is 0 Å². The molecule has 0 aliphatic carbocycles. The normalized spacial score (nSPS) is 16.8. The standard InChI is InChI=1S/C21H17Cl2N3O5/c22-15-6-5-14(11-16(15)23)26-19(27)17(12-1-3-13(4-2-12)24-21(29)30)18(20(26)28)25-7-9-31-10-8-25/h1-6,11,24H,7-10H2,(H,29,30). The largest absolute Gasteiger partial charge is 0.465 e. The fourth-order valence-electron chi connectivity index (χ4n) is 3.56. The minimum atomic E-state index is -1.20. The molecule has 31 heavy (non-hydrogen) atoms. The molecule has 0 radical (unpaired) electrons. The summed E-state index contributed by atoms with van der Waals surface area (Å²) in [5.74, 6) is -0.961. The summed E-state index contributed by atoms with van der Waals surface area (Å²) in [5, 5.41) is 11.7. The molecule has 2 aromatic carbocycles. The highest BCUT2D eigenvalue weighted by molar-refractivity contribution is 6.46. The molecule has 0 bridgehead atoms. The van der Waals surface area contributed by atoms with E-state index in [9.17, 15) is 14.4 Å². The van der Waals surface area contributed by atoms with Crippen molar-refractivity contribution in [1.29, 1.82) is 0 Å². The number of amides is 3. The maximum atomic E-state index is 13.4. The van der Waals surface area contributed by atoms with Crippen molar-refractivity contribution in [2.24, 2.45) is 0 Å². The molecule has 2 N–H and O–H groups in total. The van der Waals surface area contributed by atoms with E-state index in [2.05, 4.69) is 5.32 Å². The van der Waals surface area contributed by atoms with Crippen LogP contribution in [0.25, 0.3) is 5.57 Å². The highest BCUT2D eigenvalue weighted by Gasteiger charge is 2.42. The van der Waals surface area contributed by atoms with Crippen molar-refractivity contribution in [2.75, 3.05) is 36.5 Å². The number of carbonyl (C=O) groups is 3. The minimum absolute atomic E-state index is 0.227. The van der Waals surface area contributed by atoms with Crippen LogP contribution in [-0.4, -0.2) is 54.2 Å². The maximum absolute atomic E-state index is 13.4. The van der Waals surface area contributed by atoms with Crippen molar-refractivity contribution < 1.29 is 24.2 Å². The number of hydrogen-bond donors (Lipinski definition) is 2. The predicted molar refractivity (Wildman–Crippen MR) is 116 cm³/mol. The molecule has 2 aromatic rings. The Labute approximate surface area is 187 Å². The molecule has 2 aliphatic rings. The topological polar surface area (TPSA) is 99.2 Å². The number of nitrogens with zero attached hydrogens (tertiary/aromatic N) is 2. The summed E-state index contributed by atoms with van der Waals surface area (Å²) in [7, 11) is 0. The second kappa shape index (κ2) is 8.58. The summed E-state index contributed by atoms with van der Waals surface area (Å²) in [4.78, 5) is 40.6. The molecular weight excluding hydrogens is 445 g/mol. The Morgan fingerprint density at radius 2 is 1.65 bits per heavy atom. The summed E-state index contributed by atoms with van der Waals surface area (Å²) in [5.41, 5.74) is 1.67. The number of carbonyl (C=O) groups excluding carboxylic acids is 2. The second-order valence-corrected chi connectivity index (χ2v) is 7.69. The first-order chi connectivity index (χ1) is 14.9. The van der Waals surface area contributed by atoms with Gasteiger partial charge in [-0.2, -0.15) is 0 Å². The van der Waals surface area contributed by atoms with E-state index in [0.717, 1.165) is 4.90 Å². The number of benzene rings is 2. The van der Waals surface area contributed by atoms with Gasteiger partial charge in [-0.25, -0.2) is 9.69 Å². The van der Waals surface area contributed by atoms with Gasteiger partial charge in [-0.05, 0) is 35.9 Å². The monoisotopic (exact) mass is 461 g/mol. The summed E-state index contributed by atoms with van der Waals surface area (Å²) < 4.78 is 5.39. The van der Waals surface area contributed by atoms with Gasteiger partial charge in [-0.15, -0.1) is 0 Å². The van der Waals surface area contributed by atoms with Crippen molar-refractivity contribution in [3.05, 3.63) is 63.8 Å². The van der Waals surface area contributed by atoms with Crippen molar-refractivity contribution in [3.63, 3.8) is 0 Å². The van der Waals surface area contributed by atoms with Gasteiger partial charge < -0.3 is 14.7 Å². The highest BCUT2D eigenvalue weighted by Crippen LogP contribution is 2.37. The number of ether oxygens (including phenoxy) is 1. The maximum Gasteiger partial charge on any atom is 0.409 e. The number of carboxylic acid groups (broad SMARTS) is 1. The molecule has 2 aliphatic heterocycles. The summed E-state index contributed by atoms with van der Waals surface area (Å²) in [6.07, 6.45) is -1.20. The van der Waals surface area contributed by atoms with E-state index in [1.807, 2.05) is 4.90 Å². The number of hydrogen-bond acceptors (Lipinski definition) is 5. The fourth-order valence-corrected chi connectivity index (χ4v) is 3.85. The molecule has 4 rings (SSSR count). The molecule has 8 nitrogen and oxygen atoms in total. The lowest BCUT2D eigenvalue weighted by molar-refractivity contribution is -0.121. The van der Waals surface area contributed by atoms with Gasteiger partial charge in [-0.3, -0.25) is 14.9 Å². The van der Waals surface area contributed by atoms with Crippen LogP contribution >= 0.6 is 23.2 Å². The molecule has 0 saturated carbocycles. The van der Waals surface area contributed by atoms with E-state index in [1.54, 1.807) is 18.2 Å². The third-order valence-corrected chi connectivity index (χ3v) is 5.71. The lowest BCUT2D eigenvalue weighted by Gasteiger charge is -2.29. The smallest absolute Gasteiger partial charge is 0.409 e. The zero-order valence-electron chi connectivity index (χ0n) is 16.1. The molecule has 0 aromatic heterocycles. The number of rotatable bonds is 4. The predicted octanol–water partition coefficient (Wildman–Crippen LogP) is 3.70. The van der Waals surface area contributed by atoms with Gasteiger partial charge >= 0.3 is 6.09 Å². The van der Waals surface area contributed by atoms with Gasteiger partial charge in [0.2, 0.25) is 0 Å². The highest BCUT2D eigenvalue weighted by atomic mass is 35.5. The summed E-state index contributed by atoms with van der Waals surface area (Å²) in [6, 6.07) is 10.8. The first kappa shape index (κ1) is 21.2. The van der Waals surface area contributed by atoms with E-state index in [4.69, 9.17) is 33.0 Å². The van der Waals surface area contributed by atoms with Crippen LogP contribution in [-0.2, 0) is 14.3 Å². The number of imide groups is 1. The summed E-state index contributed by atoms with van der Waals surface area (Å²) in [6.45, 7) is 1.80. The van der Waals surface area contributed by atoms with E-state index in [0.29, 0.717) is 48.3 Å². The van der Waals surface area contributed by atoms with E-state index < -0.39 is 17.9 Å². The molecule has 0 spiro atoms. The Kier molecular flexibility index (Phi) is 5.86. The molecule has 10 heteroatoms.